The molecule has 22 heavy (non-hydrogen) atoms. The van der Waals surface area contributed by atoms with Crippen LogP contribution >= 0.6 is 0 Å². The molecule has 7 heteroatoms. The van der Waals surface area contributed by atoms with Crippen molar-refractivity contribution in [1.29, 1.82) is 0 Å². The second-order valence-electron chi connectivity index (χ2n) is 7.29. The highest BCUT2D eigenvalue weighted by molar-refractivity contribution is 5.98. The van der Waals surface area contributed by atoms with Crippen LogP contribution in [0.2, 0.25) is 0 Å². The van der Waals surface area contributed by atoms with Gasteiger partial charge in [-0.3, -0.25) is 9.59 Å². The summed E-state index contributed by atoms with van der Waals surface area (Å²) in [6.07, 6.45) is 3.17. The molecule has 4 aliphatic carbocycles. The van der Waals surface area contributed by atoms with Gasteiger partial charge in [-0.25, -0.2) is 0 Å². The fourth-order valence-electron chi connectivity index (χ4n) is 5.68. The van der Waals surface area contributed by atoms with Crippen molar-refractivity contribution in [1.82, 2.24) is 0 Å². The number of hydrogen-bond donors (Lipinski definition) is 0. The Balaban J connectivity index is 1.48. The first-order valence-corrected chi connectivity index (χ1v) is 7.41. The molecule has 5 rings (SSSR count). The van der Waals surface area contributed by atoms with E-state index in [9.17, 15) is 27.2 Å². The number of hydrogen-bond acceptors (Lipinski definition) is 3. The van der Waals surface area contributed by atoms with Gasteiger partial charge in [0.05, 0.1) is 11.8 Å². The molecule has 3 nitrogen and oxygen atoms in total. The van der Waals surface area contributed by atoms with Crippen molar-refractivity contribution in [3.05, 3.63) is 12.2 Å². The molecule has 7 atom stereocenters. The molecule has 0 radical (unpaired) electrons. The molecule has 1 heterocycles. The van der Waals surface area contributed by atoms with E-state index < -0.39 is 59.3 Å². The van der Waals surface area contributed by atoms with Crippen LogP contribution in [-0.2, 0) is 14.3 Å². The Morgan fingerprint density at radius 3 is 1.91 bits per heavy atom. The molecule has 118 valence electrons. The van der Waals surface area contributed by atoms with Crippen molar-refractivity contribution in [3.8, 4) is 0 Å². The Kier molecular flexibility index (Phi) is 1.94. The number of cyclic esters (lactones) is 2. The number of ether oxygens (including phenoxy) is 1. The lowest BCUT2D eigenvalue weighted by Crippen LogP contribution is -2.60. The van der Waals surface area contributed by atoms with E-state index in [2.05, 4.69) is 4.74 Å². The molecule has 1 aliphatic heterocycles. The molecule has 4 fully saturated rings. The summed E-state index contributed by atoms with van der Waals surface area (Å²) in [5, 5.41) is 0. The Morgan fingerprint density at radius 2 is 1.45 bits per heavy atom. The molecule has 0 amide bonds. The van der Waals surface area contributed by atoms with Gasteiger partial charge >= 0.3 is 23.8 Å². The number of carbonyl (C=O) groups excluding carboxylic acids is 2. The minimum absolute atomic E-state index is 0.323. The minimum Gasteiger partial charge on any atom is -0.393 e. The number of carbonyl (C=O) groups is 2. The highest BCUT2D eigenvalue weighted by Gasteiger charge is 2.84. The number of rotatable bonds is 1. The lowest BCUT2D eigenvalue weighted by Gasteiger charge is -2.45. The standard InChI is InChI=1S/C15H12F4O3/c16-14(17)4-8(15(14,18)19)7-3-13(7)5-1-2-6(13)10-9(5)11(20)22-12(10)21/h1-2,5-10H,3-4H2/t5-,6+,7-,8+,9+,10-,13?/m1/s1. The van der Waals surface area contributed by atoms with Gasteiger partial charge in [-0.05, 0) is 29.6 Å². The van der Waals surface area contributed by atoms with Crippen molar-refractivity contribution < 1.29 is 31.9 Å². The lowest BCUT2D eigenvalue weighted by atomic mass is 9.70. The van der Waals surface area contributed by atoms with Crippen LogP contribution < -0.4 is 0 Å². The van der Waals surface area contributed by atoms with E-state index in [-0.39, 0.29) is 11.8 Å². The molecular formula is C15H12F4O3. The second-order valence-corrected chi connectivity index (χ2v) is 7.29. The molecule has 2 bridgehead atoms. The van der Waals surface area contributed by atoms with E-state index >= 15 is 0 Å². The lowest BCUT2D eigenvalue weighted by molar-refractivity contribution is -0.320. The molecule has 0 N–H and O–H groups in total. The maximum absolute atomic E-state index is 13.7. The fourth-order valence-corrected chi connectivity index (χ4v) is 5.68. The summed E-state index contributed by atoms with van der Waals surface area (Å²) < 4.78 is 58.2. The van der Waals surface area contributed by atoms with E-state index in [0.717, 1.165) is 0 Å². The molecule has 1 saturated heterocycles. The number of alkyl halides is 4. The van der Waals surface area contributed by atoms with Crippen molar-refractivity contribution in [3.63, 3.8) is 0 Å². The summed E-state index contributed by atoms with van der Waals surface area (Å²) in [6.45, 7) is 0. The van der Waals surface area contributed by atoms with Gasteiger partial charge in [-0.15, -0.1) is 0 Å². The first-order valence-electron chi connectivity index (χ1n) is 7.41. The zero-order valence-corrected chi connectivity index (χ0v) is 11.3. The van der Waals surface area contributed by atoms with Crippen LogP contribution in [0.4, 0.5) is 17.6 Å². The van der Waals surface area contributed by atoms with Crippen LogP contribution in [0.3, 0.4) is 0 Å². The minimum atomic E-state index is -3.98. The van der Waals surface area contributed by atoms with Gasteiger partial charge in [0, 0.05) is 12.3 Å². The Bertz CT molecular complexity index is 625. The highest BCUT2D eigenvalue weighted by atomic mass is 19.3. The molecule has 0 aromatic rings. The third-order valence-corrected chi connectivity index (χ3v) is 6.69. The van der Waals surface area contributed by atoms with E-state index in [4.69, 9.17) is 0 Å². The summed E-state index contributed by atoms with van der Waals surface area (Å²) in [5.74, 6) is -12.9. The number of fused-ring (bicyclic) bond motifs is 3. The predicted octanol–water partition coefficient (Wildman–Crippen LogP) is 2.41. The van der Waals surface area contributed by atoms with Crippen molar-refractivity contribution in [2.45, 2.75) is 24.7 Å². The monoisotopic (exact) mass is 316 g/mol. The molecule has 1 unspecified atom stereocenters. The van der Waals surface area contributed by atoms with E-state index in [1.54, 1.807) is 12.2 Å². The van der Waals surface area contributed by atoms with Gasteiger partial charge < -0.3 is 4.74 Å². The van der Waals surface area contributed by atoms with Crippen LogP contribution in [0.5, 0.6) is 0 Å². The van der Waals surface area contributed by atoms with Crippen molar-refractivity contribution in [2.24, 2.45) is 40.9 Å². The Labute approximate surface area is 122 Å². The number of allylic oxidation sites excluding steroid dienone is 2. The smallest absolute Gasteiger partial charge is 0.318 e. The van der Waals surface area contributed by atoms with E-state index in [1.807, 2.05) is 0 Å². The normalized spacial score (nSPS) is 55.3. The predicted molar refractivity (Wildman–Crippen MR) is 62.7 cm³/mol. The van der Waals surface area contributed by atoms with Gasteiger partial charge in [0.1, 0.15) is 0 Å². The van der Waals surface area contributed by atoms with E-state index in [1.165, 1.54) is 0 Å². The first-order chi connectivity index (χ1) is 10.2. The van der Waals surface area contributed by atoms with Crippen LogP contribution in [0.25, 0.3) is 0 Å². The maximum atomic E-state index is 13.7. The van der Waals surface area contributed by atoms with Crippen molar-refractivity contribution in [2.75, 3.05) is 0 Å². The molecule has 0 aromatic carbocycles. The van der Waals surface area contributed by atoms with Crippen LogP contribution in [0.1, 0.15) is 12.8 Å². The third-order valence-electron chi connectivity index (χ3n) is 6.69. The van der Waals surface area contributed by atoms with Crippen LogP contribution in [0, 0.1) is 40.9 Å². The third kappa shape index (κ3) is 1.09. The SMILES string of the molecule is O=C1OC(=O)[C@H]2[C@@H]1[C@H]1C=C[C@@H]2C12C[C@@H]2[C@@H]1CC(F)(F)C1(F)F. The molecule has 1 spiro atoms. The average Bonchev–Trinajstić information content (AvgIpc) is 2.84. The molecular weight excluding hydrogens is 304 g/mol. The van der Waals surface area contributed by atoms with Crippen LogP contribution in [0.15, 0.2) is 12.2 Å². The molecule has 5 aliphatic rings. The summed E-state index contributed by atoms with van der Waals surface area (Å²) in [6, 6.07) is 0. The molecule has 0 aromatic heterocycles. The summed E-state index contributed by atoms with van der Waals surface area (Å²) in [5.41, 5.74) is -0.602. The molecule has 3 saturated carbocycles. The quantitative estimate of drug-likeness (QED) is 0.323. The summed E-state index contributed by atoms with van der Waals surface area (Å²) in [4.78, 5) is 23.6. The second kappa shape index (κ2) is 3.26. The Morgan fingerprint density at radius 1 is 0.909 bits per heavy atom. The van der Waals surface area contributed by atoms with Gasteiger partial charge in [0.2, 0.25) is 0 Å². The average molecular weight is 316 g/mol. The topological polar surface area (TPSA) is 43.4 Å². The van der Waals surface area contributed by atoms with Gasteiger partial charge in [-0.1, -0.05) is 12.2 Å². The van der Waals surface area contributed by atoms with Crippen LogP contribution in [-0.4, -0.2) is 23.8 Å². The number of esters is 2. The van der Waals surface area contributed by atoms with Gasteiger partial charge in [-0.2, -0.15) is 17.6 Å². The van der Waals surface area contributed by atoms with Crippen molar-refractivity contribution >= 4 is 11.9 Å². The van der Waals surface area contributed by atoms with Gasteiger partial charge in [0.15, 0.2) is 0 Å². The number of halogens is 4. The van der Waals surface area contributed by atoms with E-state index in [0.29, 0.717) is 6.42 Å². The zero-order valence-electron chi connectivity index (χ0n) is 11.3. The Hall–Kier alpha value is -1.40. The highest BCUT2D eigenvalue weighted by Crippen LogP contribution is 2.81. The first kappa shape index (κ1) is 13.1. The summed E-state index contributed by atoms with van der Waals surface area (Å²) in [7, 11) is 0. The van der Waals surface area contributed by atoms with Gasteiger partial charge in [0.25, 0.3) is 0 Å². The zero-order chi connectivity index (χ0) is 15.7. The largest absolute Gasteiger partial charge is 0.393 e. The fraction of sp³-hybridized carbons (Fsp3) is 0.733. The summed E-state index contributed by atoms with van der Waals surface area (Å²) >= 11 is 0. The maximum Gasteiger partial charge on any atom is 0.318 e.